The summed E-state index contributed by atoms with van der Waals surface area (Å²) in [5.74, 6) is 7.38. The van der Waals surface area contributed by atoms with Crippen molar-refractivity contribution in [1.29, 1.82) is 0 Å². The summed E-state index contributed by atoms with van der Waals surface area (Å²) in [5.41, 5.74) is 0. The van der Waals surface area contributed by atoms with E-state index in [2.05, 4.69) is 38.0 Å². The molecule has 0 nitrogen and oxygen atoms in total. The van der Waals surface area contributed by atoms with Gasteiger partial charge in [0.15, 0.2) is 0 Å². The Morgan fingerprint density at radius 3 is 1.00 bits per heavy atom. The molecule has 0 radical (unpaired) electrons. The van der Waals surface area contributed by atoms with Crippen molar-refractivity contribution in [3.63, 3.8) is 0 Å². The van der Waals surface area contributed by atoms with Crippen molar-refractivity contribution in [2.24, 2.45) is 0 Å². The van der Waals surface area contributed by atoms with Crippen LogP contribution in [-0.4, -0.2) is 13.3 Å². The van der Waals surface area contributed by atoms with E-state index in [0.717, 1.165) is 0 Å². The second kappa shape index (κ2) is 2.05. The Morgan fingerprint density at radius 2 is 1.00 bits per heavy atom. The van der Waals surface area contributed by atoms with E-state index in [9.17, 15) is 0 Å². The maximum atomic E-state index is 2.46. The molecule has 0 atom stereocenters. The van der Waals surface area contributed by atoms with Crippen LogP contribution in [0.15, 0.2) is 0 Å². The van der Waals surface area contributed by atoms with Crippen LogP contribution in [-0.2, 0) is 0 Å². The molecule has 0 aliphatic rings. The van der Waals surface area contributed by atoms with Crippen molar-refractivity contribution in [2.75, 3.05) is 0 Å². The number of hydrogen-bond acceptors (Lipinski definition) is 0. The molecule has 0 fully saturated rings. The van der Waals surface area contributed by atoms with E-state index >= 15 is 0 Å². The fourth-order valence-corrected chi connectivity index (χ4v) is 0. The molecule has 50 valence electrons. The minimum absolute atomic E-state index is 0.625. The van der Waals surface area contributed by atoms with Crippen molar-refractivity contribution in [3.8, 4) is 0 Å². The molecular formula is C7H18Ge. The van der Waals surface area contributed by atoms with Crippen LogP contribution < -0.4 is 0 Å². The molecule has 0 amide bonds. The molecule has 0 saturated carbocycles. The maximum absolute atomic E-state index is 2.46. The van der Waals surface area contributed by atoms with Gasteiger partial charge in [0, 0.05) is 0 Å². The van der Waals surface area contributed by atoms with Crippen LogP contribution >= 0.6 is 0 Å². The van der Waals surface area contributed by atoms with E-state index in [1.165, 1.54) is 0 Å². The van der Waals surface area contributed by atoms with Crippen LogP contribution in [0, 0.1) is 0 Å². The van der Waals surface area contributed by atoms with Gasteiger partial charge in [0.25, 0.3) is 0 Å². The first-order valence-corrected chi connectivity index (χ1v) is 10.6. The fraction of sp³-hybridized carbons (Fsp3) is 1.00. The van der Waals surface area contributed by atoms with Crippen LogP contribution in [0.25, 0.3) is 0 Å². The van der Waals surface area contributed by atoms with Crippen molar-refractivity contribution in [2.45, 2.75) is 42.3 Å². The first kappa shape index (κ1) is 8.54. The molecule has 0 aromatic carbocycles. The van der Waals surface area contributed by atoms with E-state index in [1.54, 1.807) is 0 Å². The molecule has 0 saturated heterocycles. The SMILES string of the molecule is C[C](C)(C)[Ge]([CH3])([CH3])[CH3]. The third kappa shape index (κ3) is 2.21. The molecule has 0 aromatic heterocycles. The van der Waals surface area contributed by atoms with Gasteiger partial charge in [-0.05, 0) is 0 Å². The Bertz CT molecular complexity index is 59.4. The fourth-order valence-electron chi connectivity index (χ4n) is 0. The Balaban J connectivity index is 4.02. The minimum atomic E-state index is -1.31. The van der Waals surface area contributed by atoms with Crippen LogP contribution in [0.4, 0.5) is 0 Å². The van der Waals surface area contributed by atoms with Gasteiger partial charge < -0.3 is 0 Å². The Kier molecular flexibility index (Phi) is 2.19. The van der Waals surface area contributed by atoms with Crippen molar-refractivity contribution in [1.82, 2.24) is 0 Å². The van der Waals surface area contributed by atoms with Gasteiger partial charge in [-0.15, -0.1) is 0 Å². The van der Waals surface area contributed by atoms with Gasteiger partial charge >= 0.3 is 55.6 Å². The van der Waals surface area contributed by atoms with Crippen LogP contribution in [0.5, 0.6) is 0 Å². The summed E-state index contributed by atoms with van der Waals surface area (Å²) < 4.78 is 0.625. The van der Waals surface area contributed by atoms with Gasteiger partial charge in [-0.2, -0.15) is 0 Å². The van der Waals surface area contributed by atoms with E-state index in [0.29, 0.717) is 4.25 Å². The topological polar surface area (TPSA) is 0 Å². The third-order valence-corrected chi connectivity index (χ3v) is 11.7. The summed E-state index contributed by atoms with van der Waals surface area (Å²) in [5, 5.41) is 0. The normalized spacial score (nSPS) is 14.2. The Hall–Kier alpha value is 0.543. The molecule has 0 N–H and O–H groups in total. The summed E-state index contributed by atoms with van der Waals surface area (Å²) in [6, 6.07) is 0. The number of rotatable bonds is 0. The third-order valence-electron chi connectivity index (χ3n) is 2.25. The van der Waals surface area contributed by atoms with Gasteiger partial charge in [0.1, 0.15) is 0 Å². The molecule has 0 aromatic rings. The summed E-state index contributed by atoms with van der Waals surface area (Å²) in [6.45, 7) is 7.06. The zero-order valence-electron chi connectivity index (χ0n) is 7.00. The molecule has 0 aliphatic heterocycles. The first-order chi connectivity index (χ1) is 3.25. The standard InChI is InChI=1S/C7H18Ge/c1-7(2,3)8(4,5)6/h1-6H3. The van der Waals surface area contributed by atoms with Gasteiger partial charge in [-0.1, -0.05) is 0 Å². The molecule has 0 unspecified atom stereocenters. The summed E-state index contributed by atoms with van der Waals surface area (Å²) in [6.07, 6.45) is 0. The second-order valence-electron chi connectivity index (χ2n) is 4.50. The summed E-state index contributed by atoms with van der Waals surface area (Å²) in [4.78, 5) is 0. The van der Waals surface area contributed by atoms with Crippen LogP contribution in [0.3, 0.4) is 0 Å². The monoisotopic (exact) mass is 176 g/mol. The van der Waals surface area contributed by atoms with Gasteiger partial charge in [0.2, 0.25) is 0 Å². The van der Waals surface area contributed by atoms with E-state index in [-0.39, 0.29) is 0 Å². The summed E-state index contributed by atoms with van der Waals surface area (Å²) >= 11 is -1.31. The van der Waals surface area contributed by atoms with Gasteiger partial charge in [-0.3, -0.25) is 0 Å². The van der Waals surface area contributed by atoms with E-state index < -0.39 is 13.3 Å². The van der Waals surface area contributed by atoms with Crippen molar-refractivity contribution in [3.05, 3.63) is 0 Å². The number of hydrogen-bond donors (Lipinski definition) is 0. The van der Waals surface area contributed by atoms with E-state index in [4.69, 9.17) is 0 Å². The zero-order valence-corrected chi connectivity index (χ0v) is 9.10. The van der Waals surface area contributed by atoms with Gasteiger partial charge in [0.05, 0.1) is 0 Å². The quantitative estimate of drug-likeness (QED) is 0.496. The van der Waals surface area contributed by atoms with Crippen LogP contribution in [0.1, 0.15) is 20.8 Å². The predicted octanol–water partition coefficient (Wildman–Crippen LogP) is 3.12. The Morgan fingerprint density at radius 1 is 0.875 bits per heavy atom. The molecule has 0 rings (SSSR count). The zero-order chi connectivity index (χ0) is 7.00. The Labute approximate surface area is 56.0 Å². The molecule has 0 heterocycles. The van der Waals surface area contributed by atoms with E-state index in [1.807, 2.05) is 0 Å². The van der Waals surface area contributed by atoms with Crippen molar-refractivity contribution < 1.29 is 0 Å². The van der Waals surface area contributed by atoms with Gasteiger partial charge in [-0.25, -0.2) is 0 Å². The molecule has 8 heavy (non-hydrogen) atoms. The first-order valence-electron chi connectivity index (χ1n) is 3.25. The van der Waals surface area contributed by atoms with Crippen molar-refractivity contribution >= 4 is 13.3 Å². The molecule has 1 heteroatoms. The average Bonchev–Trinajstić information content (AvgIpc) is 1.25. The molecule has 0 spiro atoms. The molecule has 0 bridgehead atoms. The second-order valence-corrected chi connectivity index (χ2v) is 17.1. The predicted molar refractivity (Wildman–Crippen MR) is 43.1 cm³/mol. The molecular weight excluding hydrogens is 157 g/mol. The molecule has 0 aliphatic carbocycles. The summed E-state index contributed by atoms with van der Waals surface area (Å²) in [7, 11) is 0. The average molecular weight is 175 g/mol. The van der Waals surface area contributed by atoms with Crippen LogP contribution in [0.2, 0.25) is 21.5 Å².